The van der Waals surface area contributed by atoms with Crippen molar-refractivity contribution in [3.8, 4) is 22.6 Å². The third-order valence-electron chi connectivity index (χ3n) is 6.21. The number of hydrogen-bond donors (Lipinski definition) is 0. The van der Waals surface area contributed by atoms with Crippen molar-refractivity contribution in [2.45, 2.75) is 18.6 Å². The first-order chi connectivity index (χ1) is 16.5. The molecule has 9 heteroatoms. The van der Waals surface area contributed by atoms with Gasteiger partial charge in [-0.15, -0.1) is 0 Å². The number of carbonyl (C=O) groups is 2. The molecule has 1 unspecified atom stereocenters. The van der Waals surface area contributed by atoms with Crippen molar-refractivity contribution < 1.29 is 33.5 Å². The number of benzene rings is 3. The lowest BCUT2D eigenvalue weighted by atomic mass is 9.96. The van der Waals surface area contributed by atoms with Gasteiger partial charge in [0, 0.05) is 5.92 Å². The van der Waals surface area contributed by atoms with Gasteiger partial charge in [0.25, 0.3) is 6.47 Å². The van der Waals surface area contributed by atoms with Crippen LogP contribution >= 0.6 is 0 Å². The monoisotopic (exact) mass is 461 g/mol. The molecule has 1 aliphatic carbocycles. The maximum Gasteiger partial charge on any atom is 0.389 e. The number of rotatable bonds is 7. The molecule has 0 radical (unpaired) electrons. The molecule has 3 aromatic rings. The standard InChI is InChI=1S/C25H19NO8/c1-25(26(29)30,34-13-27)20-10-11-21-23(33-14-32-21)22(20)24(28)31-12-19-17-8-4-2-6-15(17)16-7-3-5-9-18(16)19/h2-11,13,19H,12,14H2,1H3. The molecule has 2 aliphatic rings. The van der Waals surface area contributed by atoms with E-state index in [4.69, 9.17) is 18.9 Å². The first-order valence-electron chi connectivity index (χ1n) is 10.5. The highest BCUT2D eigenvalue weighted by Crippen LogP contribution is 2.46. The number of esters is 1. The summed E-state index contributed by atoms with van der Waals surface area (Å²) in [6, 6.07) is 18.5. The van der Waals surface area contributed by atoms with Crippen LogP contribution in [0, 0.1) is 10.1 Å². The van der Waals surface area contributed by atoms with Gasteiger partial charge in [0.05, 0.1) is 17.4 Å². The Kier molecular flexibility index (Phi) is 5.16. The average Bonchev–Trinajstić information content (AvgIpc) is 3.44. The Morgan fingerprint density at radius 2 is 1.74 bits per heavy atom. The van der Waals surface area contributed by atoms with E-state index in [9.17, 15) is 19.7 Å². The van der Waals surface area contributed by atoms with E-state index in [1.165, 1.54) is 12.1 Å². The zero-order valence-electron chi connectivity index (χ0n) is 18.1. The SMILES string of the molecule is CC(OC=O)(c1ccc2c(c1C(=O)OCC1c3ccccc3-c3ccccc31)OCO2)[N+](=O)[O-]. The zero-order chi connectivity index (χ0) is 23.9. The van der Waals surface area contributed by atoms with Crippen LogP contribution in [0.25, 0.3) is 11.1 Å². The number of carbonyl (C=O) groups excluding carboxylic acids is 2. The number of ether oxygens (including phenoxy) is 4. The van der Waals surface area contributed by atoms with Crippen LogP contribution in [0.15, 0.2) is 60.7 Å². The van der Waals surface area contributed by atoms with E-state index < -0.39 is 16.6 Å². The molecule has 34 heavy (non-hydrogen) atoms. The second-order valence-electron chi connectivity index (χ2n) is 8.00. The van der Waals surface area contributed by atoms with Gasteiger partial charge in [-0.25, -0.2) is 4.79 Å². The molecule has 3 aromatic carbocycles. The van der Waals surface area contributed by atoms with E-state index in [0.717, 1.165) is 29.2 Å². The Bertz CT molecular complexity index is 1270. The molecule has 0 amide bonds. The summed E-state index contributed by atoms with van der Waals surface area (Å²) in [5, 5.41) is 11.8. The number of hydrogen-bond acceptors (Lipinski definition) is 8. The quantitative estimate of drug-likeness (QED) is 0.170. The molecule has 172 valence electrons. The van der Waals surface area contributed by atoms with E-state index in [2.05, 4.69) is 0 Å². The van der Waals surface area contributed by atoms with Crippen LogP contribution in [0.5, 0.6) is 11.5 Å². The highest BCUT2D eigenvalue weighted by molar-refractivity contribution is 5.96. The van der Waals surface area contributed by atoms with Gasteiger partial charge in [-0.2, -0.15) is 0 Å². The summed E-state index contributed by atoms with van der Waals surface area (Å²) in [6.07, 6.45) is 0. The molecule has 9 nitrogen and oxygen atoms in total. The molecule has 0 N–H and O–H groups in total. The summed E-state index contributed by atoms with van der Waals surface area (Å²) >= 11 is 0. The van der Waals surface area contributed by atoms with E-state index >= 15 is 0 Å². The van der Waals surface area contributed by atoms with Crippen molar-refractivity contribution >= 4 is 12.4 Å². The van der Waals surface area contributed by atoms with Gasteiger partial charge in [0.2, 0.25) is 6.79 Å². The molecular weight excluding hydrogens is 442 g/mol. The van der Waals surface area contributed by atoms with Crippen LogP contribution < -0.4 is 9.47 Å². The van der Waals surface area contributed by atoms with Crippen LogP contribution in [-0.4, -0.2) is 30.8 Å². The Balaban J connectivity index is 1.51. The predicted octanol–water partition coefficient (Wildman–Crippen LogP) is 4.01. The van der Waals surface area contributed by atoms with Gasteiger partial charge >= 0.3 is 11.7 Å². The molecule has 0 saturated heterocycles. The minimum absolute atomic E-state index is 0.000537. The van der Waals surface area contributed by atoms with Crippen molar-refractivity contribution in [2.24, 2.45) is 0 Å². The molecule has 0 fully saturated rings. The van der Waals surface area contributed by atoms with Crippen molar-refractivity contribution in [3.63, 3.8) is 0 Å². The fraction of sp³-hybridized carbons (Fsp3) is 0.200. The van der Waals surface area contributed by atoms with Crippen molar-refractivity contribution in [1.82, 2.24) is 0 Å². The first-order valence-corrected chi connectivity index (χ1v) is 10.5. The lowest BCUT2D eigenvalue weighted by Crippen LogP contribution is -2.36. The van der Waals surface area contributed by atoms with Crippen LogP contribution in [0.2, 0.25) is 0 Å². The van der Waals surface area contributed by atoms with Gasteiger partial charge in [-0.1, -0.05) is 48.5 Å². The fourth-order valence-electron chi connectivity index (χ4n) is 4.53. The predicted molar refractivity (Wildman–Crippen MR) is 118 cm³/mol. The third-order valence-corrected chi connectivity index (χ3v) is 6.21. The zero-order valence-corrected chi connectivity index (χ0v) is 18.1. The highest BCUT2D eigenvalue weighted by atomic mass is 16.7. The maximum atomic E-state index is 13.4. The Labute approximate surface area is 194 Å². The van der Waals surface area contributed by atoms with Gasteiger partial charge in [0.1, 0.15) is 12.2 Å². The smallest absolute Gasteiger partial charge is 0.389 e. The second-order valence-corrected chi connectivity index (χ2v) is 8.00. The van der Waals surface area contributed by atoms with Crippen molar-refractivity contribution in [2.75, 3.05) is 13.4 Å². The van der Waals surface area contributed by atoms with Gasteiger partial charge in [-0.3, -0.25) is 14.9 Å². The van der Waals surface area contributed by atoms with E-state index in [-0.39, 0.29) is 48.4 Å². The van der Waals surface area contributed by atoms with Crippen molar-refractivity contribution in [1.29, 1.82) is 0 Å². The molecule has 1 atom stereocenters. The minimum Gasteiger partial charge on any atom is -0.461 e. The maximum absolute atomic E-state index is 13.4. The highest BCUT2D eigenvalue weighted by Gasteiger charge is 2.47. The molecular formula is C25H19NO8. The summed E-state index contributed by atoms with van der Waals surface area (Å²) in [5.41, 5.74) is 1.46. The van der Waals surface area contributed by atoms with Crippen LogP contribution in [-0.2, 0) is 20.0 Å². The van der Waals surface area contributed by atoms with Crippen LogP contribution in [0.3, 0.4) is 0 Å². The normalized spacial score (nSPS) is 15.1. The van der Waals surface area contributed by atoms with Crippen molar-refractivity contribution in [3.05, 3.63) is 93.0 Å². The molecule has 0 spiro atoms. The Hall–Kier alpha value is -4.40. The van der Waals surface area contributed by atoms with E-state index in [1.807, 2.05) is 48.5 Å². The molecule has 0 aromatic heterocycles. The summed E-state index contributed by atoms with van der Waals surface area (Å²) < 4.78 is 21.3. The van der Waals surface area contributed by atoms with E-state index in [1.54, 1.807) is 0 Å². The van der Waals surface area contributed by atoms with Crippen LogP contribution in [0.4, 0.5) is 0 Å². The molecule has 0 bridgehead atoms. The third kappa shape index (κ3) is 3.24. The topological polar surface area (TPSA) is 114 Å². The molecule has 0 saturated carbocycles. The minimum atomic E-state index is -2.33. The Morgan fingerprint density at radius 1 is 1.09 bits per heavy atom. The average molecular weight is 461 g/mol. The van der Waals surface area contributed by atoms with E-state index in [0.29, 0.717) is 0 Å². The summed E-state index contributed by atoms with van der Waals surface area (Å²) in [5.74, 6) is -0.801. The summed E-state index contributed by atoms with van der Waals surface area (Å²) in [7, 11) is 0. The van der Waals surface area contributed by atoms with Crippen LogP contribution in [0.1, 0.15) is 39.9 Å². The fourth-order valence-corrected chi connectivity index (χ4v) is 4.53. The van der Waals surface area contributed by atoms with Gasteiger partial charge < -0.3 is 18.9 Å². The number of nitrogens with zero attached hydrogens (tertiary/aromatic N) is 1. The molecule has 1 heterocycles. The Morgan fingerprint density at radius 3 is 2.35 bits per heavy atom. The first kappa shape index (κ1) is 21.4. The number of fused-ring (bicyclic) bond motifs is 4. The largest absolute Gasteiger partial charge is 0.461 e. The number of nitro groups is 1. The lowest BCUT2D eigenvalue weighted by molar-refractivity contribution is -0.626. The second kappa shape index (κ2) is 8.18. The van der Waals surface area contributed by atoms with Gasteiger partial charge in [-0.05, 0) is 34.4 Å². The van der Waals surface area contributed by atoms with Gasteiger partial charge in [0.15, 0.2) is 11.5 Å². The summed E-state index contributed by atoms with van der Waals surface area (Å²) in [4.78, 5) is 35.4. The lowest BCUT2D eigenvalue weighted by Gasteiger charge is -2.22. The molecule has 5 rings (SSSR count). The summed E-state index contributed by atoms with van der Waals surface area (Å²) in [6.45, 7) is 0.890. The molecule has 1 aliphatic heterocycles.